The fourth-order valence-electron chi connectivity index (χ4n) is 0.871. The van der Waals surface area contributed by atoms with Gasteiger partial charge in [-0.05, 0) is 11.5 Å². The standard InChI is InChI=1S/C7H8N4S/c1-6(10-5-8-1)2-9-7-3-11-12-4-7/h1,3-5,9H,2H2,(H,8,10). The highest BCUT2D eigenvalue weighted by atomic mass is 32.1. The van der Waals surface area contributed by atoms with Crippen molar-refractivity contribution in [2.24, 2.45) is 0 Å². The number of H-pyrrole nitrogens is 1. The minimum absolute atomic E-state index is 0.762. The molecule has 4 nitrogen and oxygen atoms in total. The van der Waals surface area contributed by atoms with Crippen molar-refractivity contribution in [2.75, 3.05) is 5.32 Å². The summed E-state index contributed by atoms with van der Waals surface area (Å²) < 4.78 is 3.98. The lowest BCUT2D eigenvalue weighted by atomic mass is 10.4. The molecule has 0 bridgehead atoms. The molecule has 5 heteroatoms. The molecular weight excluding hydrogens is 172 g/mol. The van der Waals surface area contributed by atoms with Gasteiger partial charge in [0.2, 0.25) is 0 Å². The second-order valence-electron chi connectivity index (χ2n) is 2.34. The molecule has 0 saturated carbocycles. The van der Waals surface area contributed by atoms with E-state index in [0.717, 1.165) is 17.9 Å². The number of nitrogens with zero attached hydrogens (tertiary/aromatic N) is 2. The van der Waals surface area contributed by atoms with Crippen molar-refractivity contribution in [3.8, 4) is 0 Å². The van der Waals surface area contributed by atoms with Crippen molar-refractivity contribution < 1.29 is 0 Å². The molecule has 0 aromatic carbocycles. The number of anilines is 1. The summed E-state index contributed by atoms with van der Waals surface area (Å²) in [6.07, 6.45) is 5.27. The van der Waals surface area contributed by atoms with E-state index in [4.69, 9.17) is 0 Å². The average molecular weight is 180 g/mol. The highest BCUT2D eigenvalue weighted by molar-refractivity contribution is 7.04. The van der Waals surface area contributed by atoms with E-state index in [2.05, 4.69) is 19.7 Å². The number of imidazole rings is 1. The van der Waals surface area contributed by atoms with Crippen LogP contribution in [0.4, 0.5) is 5.69 Å². The van der Waals surface area contributed by atoms with Gasteiger partial charge in [-0.25, -0.2) is 4.98 Å². The highest BCUT2D eigenvalue weighted by Crippen LogP contribution is 2.08. The Balaban J connectivity index is 1.91. The third kappa shape index (κ3) is 1.62. The van der Waals surface area contributed by atoms with Gasteiger partial charge in [-0.15, -0.1) is 0 Å². The molecule has 0 atom stereocenters. The molecule has 0 aliphatic heterocycles. The zero-order valence-electron chi connectivity index (χ0n) is 6.32. The van der Waals surface area contributed by atoms with Gasteiger partial charge in [0.25, 0.3) is 0 Å². The van der Waals surface area contributed by atoms with E-state index in [0.29, 0.717) is 0 Å². The zero-order chi connectivity index (χ0) is 8.23. The highest BCUT2D eigenvalue weighted by Gasteiger charge is 1.94. The van der Waals surface area contributed by atoms with E-state index in [1.807, 2.05) is 5.38 Å². The zero-order valence-corrected chi connectivity index (χ0v) is 7.14. The Bertz CT molecular complexity index is 279. The van der Waals surface area contributed by atoms with Gasteiger partial charge in [-0.3, -0.25) is 0 Å². The van der Waals surface area contributed by atoms with Crippen LogP contribution in [0.15, 0.2) is 24.1 Å². The molecule has 0 aliphatic rings. The summed E-state index contributed by atoms with van der Waals surface area (Å²) in [5.74, 6) is 0. The van der Waals surface area contributed by atoms with Crippen LogP contribution < -0.4 is 5.32 Å². The van der Waals surface area contributed by atoms with Crippen molar-refractivity contribution >= 4 is 17.2 Å². The molecule has 2 rings (SSSR count). The molecule has 0 amide bonds. The van der Waals surface area contributed by atoms with Crippen LogP contribution in [0, 0.1) is 0 Å². The molecule has 2 heterocycles. The van der Waals surface area contributed by atoms with Gasteiger partial charge >= 0.3 is 0 Å². The van der Waals surface area contributed by atoms with Crippen LogP contribution >= 0.6 is 11.5 Å². The third-order valence-corrected chi connectivity index (χ3v) is 2.06. The Morgan fingerprint density at radius 2 is 2.50 bits per heavy atom. The first kappa shape index (κ1) is 7.30. The van der Waals surface area contributed by atoms with Gasteiger partial charge in [-0.2, -0.15) is 4.37 Å². The van der Waals surface area contributed by atoms with Gasteiger partial charge in [0.05, 0.1) is 30.5 Å². The summed E-state index contributed by atoms with van der Waals surface area (Å²) in [7, 11) is 0. The maximum atomic E-state index is 3.98. The molecule has 0 radical (unpaired) electrons. The largest absolute Gasteiger partial charge is 0.377 e. The van der Waals surface area contributed by atoms with Crippen LogP contribution in [0.5, 0.6) is 0 Å². The Kier molecular flexibility index (Phi) is 2.04. The molecule has 2 N–H and O–H groups in total. The van der Waals surface area contributed by atoms with Gasteiger partial charge in [0, 0.05) is 11.6 Å². The van der Waals surface area contributed by atoms with Crippen molar-refractivity contribution in [3.63, 3.8) is 0 Å². The number of rotatable bonds is 3. The predicted molar refractivity (Wildman–Crippen MR) is 48.0 cm³/mol. The molecule has 0 spiro atoms. The van der Waals surface area contributed by atoms with Crippen molar-refractivity contribution in [3.05, 3.63) is 29.8 Å². The SMILES string of the molecule is c1ncc(CNc2cnsc2)[nH]1. The first-order chi connectivity index (χ1) is 5.95. The minimum atomic E-state index is 0.762. The van der Waals surface area contributed by atoms with Gasteiger partial charge in [0.15, 0.2) is 0 Å². The number of aromatic nitrogens is 3. The monoisotopic (exact) mass is 180 g/mol. The first-order valence-corrected chi connectivity index (χ1v) is 4.39. The fraction of sp³-hybridized carbons (Fsp3) is 0.143. The topological polar surface area (TPSA) is 53.6 Å². The van der Waals surface area contributed by atoms with E-state index < -0.39 is 0 Å². The molecule has 12 heavy (non-hydrogen) atoms. The van der Waals surface area contributed by atoms with E-state index in [1.54, 1.807) is 18.7 Å². The van der Waals surface area contributed by atoms with E-state index in [-0.39, 0.29) is 0 Å². The summed E-state index contributed by atoms with van der Waals surface area (Å²) in [5, 5.41) is 5.17. The summed E-state index contributed by atoms with van der Waals surface area (Å²) >= 11 is 1.44. The van der Waals surface area contributed by atoms with Gasteiger partial charge in [0.1, 0.15) is 0 Å². The van der Waals surface area contributed by atoms with Gasteiger partial charge < -0.3 is 10.3 Å². The quantitative estimate of drug-likeness (QED) is 0.752. The molecule has 62 valence electrons. The van der Waals surface area contributed by atoms with Crippen LogP contribution in [0.1, 0.15) is 5.69 Å². The van der Waals surface area contributed by atoms with Crippen molar-refractivity contribution in [1.82, 2.24) is 14.3 Å². The predicted octanol–water partition coefficient (Wildman–Crippen LogP) is 1.48. The second-order valence-corrected chi connectivity index (χ2v) is 3.00. The lowest BCUT2D eigenvalue weighted by molar-refractivity contribution is 1.07. The summed E-state index contributed by atoms with van der Waals surface area (Å²) in [6, 6.07) is 0. The summed E-state index contributed by atoms with van der Waals surface area (Å²) in [5.41, 5.74) is 2.12. The Morgan fingerprint density at radius 1 is 1.50 bits per heavy atom. The van der Waals surface area contributed by atoms with Crippen LogP contribution in [0.3, 0.4) is 0 Å². The molecule has 0 unspecified atom stereocenters. The maximum Gasteiger partial charge on any atom is 0.0922 e. The van der Waals surface area contributed by atoms with Crippen LogP contribution in [-0.4, -0.2) is 14.3 Å². The number of nitrogens with one attached hydrogen (secondary N) is 2. The van der Waals surface area contributed by atoms with E-state index >= 15 is 0 Å². The second kappa shape index (κ2) is 3.36. The molecule has 2 aromatic rings. The maximum absolute atomic E-state index is 3.98. The average Bonchev–Trinajstić information content (AvgIpc) is 2.74. The Hall–Kier alpha value is -1.36. The first-order valence-electron chi connectivity index (χ1n) is 3.55. The lowest BCUT2D eigenvalue weighted by Crippen LogP contribution is -1.97. The summed E-state index contributed by atoms with van der Waals surface area (Å²) in [4.78, 5) is 6.92. The van der Waals surface area contributed by atoms with Gasteiger partial charge in [-0.1, -0.05) is 0 Å². The molecule has 2 aromatic heterocycles. The number of aromatic amines is 1. The van der Waals surface area contributed by atoms with E-state index in [9.17, 15) is 0 Å². The minimum Gasteiger partial charge on any atom is -0.377 e. The van der Waals surface area contributed by atoms with Crippen LogP contribution in [0.25, 0.3) is 0 Å². The lowest BCUT2D eigenvalue weighted by Gasteiger charge is -1.98. The van der Waals surface area contributed by atoms with Crippen LogP contribution in [0.2, 0.25) is 0 Å². The van der Waals surface area contributed by atoms with E-state index in [1.165, 1.54) is 11.5 Å². The fourth-order valence-corrected chi connectivity index (χ4v) is 1.36. The molecule has 0 fully saturated rings. The smallest absolute Gasteiger partial charge is 0.0922 e. The van der Waals surface area contributed by atoms with Crippen molar-refractivity contribution in [2.45, 2.75) is 6.54 Å². The normalized spacial score (nSPS) is 10.0. The summed E-state index contributed by atoms with van der Waals surface area (Å²) in [6.45, 7) is 0.762. The Labute approximate surface area is 73.8 Å². The molecular formula is C7H8N4S. The number of hydrogen-bond donors (Lipinski definition) is 2. The van der Waals surface area contributed by atoms with Crippen LogP contribution in [-0.2, 0) is 6.54 Å². The third-order valence-electron chi connectivity index (χ3n) is 1.47. The van der Waals surface area contributed by atoms with Crippen molar-refractivity contribution in [1.29, 1.82) is 0 Å². The Morgan fingerprint density at radius 3 is 3.17 bits per heavy atom. The molecule has 0 aliphatic carbocycles. The molecule has 0 saturated heterocycles. The number of hydrogen-bond acceptors (Lipinski definition) is 4.